The Hall–Kier alpha value is -2.56. The van der Waals surface area contributed by atoms with Gasteiger partial charge in [-0.1, -0.05) is 32.9 Å². The van der Waals surface area contributed by atoms with Crippen LogP contribution in [0.15, 0.2) is 36.4 Å². The molecule has 194 valence electrons. The van der Waals surface area contributed by atoms with E-state index in [0.29, 0.717) is 16.8 Å². The number of aliphatic hydroxyl groups is 1. The van der Waals surface area contributed by atoms with E-state index in [4.69, 9.17) is 0 Å². The van der Waals surface area contributed by atoms with E-state index in [0.717, 1.165) is 36.4 Å². The molecule has 10 heteroatoms. The van der Waals surface area contributed by atoms with Crippen molar-refractivity contribution in [3.05, 3.63) is 64.7 Å². The standard InChI is InChI=1S/C25H35F2N3O4S/c1-16(31)29-23(11-18-9-20(26)12-21(27)10-18)24(32)15-28-14-19-8-17(13-25(2,3)4)6-7-22(19)30-35(5,33)34/h6-10,12,23-24,28,30,32H,11,13-15H2,1-5H3,(H,29,31). The van der Waals surface area contributed by atoms with Crippen molar-refractivity contribution in [2.45, 2.75) is 59.2 Å². The lowest BCUT2D eigenvalue weighted by molar-refractivity contribution is -0.120. The molecule has 2 unspecified atom stereocenters. The van der Waals surface area contributed by atoms with Gasteiger partial charge in [-0.3, -0.25) is 9.52 Å². The second kappa shape index (κ2) is 11.9. The highest BCUT2D eigenvalue weighted by Crippen LogP contribution is 2.25. The number of aliphatic hydroxyl groups excluding tert-OH is 1. The highest BCUT2D eigenvalue weighted by molar-refractivity contribution is 7.92. The Bertz CT molecular complexity index is 1110. The maximum Gasteiger partial charge on any atom is 0.229 e. The second-order valence-electron chi connectivity index (χ2n) is 10.1. The van der Waals surface area contributed by atoms with Crippen LogP contribution in [0.4, 0.5) is 14.5 Å². The topological polar surface area (TPSA) is 108 Å². The van der Waals surface area contributed by atoms with Crippen LogP contribution < -0.4 is 15.4 Å². The molecule has 35 heavy (non-hydrogen) atoms. The second-order valence-corrected chi connectivity index (χ2v) is 11.8. The summed E-state index contributed by atoms with van der Waals surface area (Å²) in [5.41, 5.74) is 2.51. The van der Waals surface area contributed by atoms with E-state index in [1.165, 1.54) is 6.92 Å². The van der Waals surface area contributed by atoms with Gasteiger partial charge in [0.05, 0.1) is 24.1 Å². The number of carbonyl (C=O) groups excluding carboxylic acids is 1. The van der Waals surface area contributed by atoms with Gasteiger partial charge in [-0.25, -0.2) is 17.2 Å². The monoisotopic (exact) mass is 511 g/mol. The largest absolute Gasteiger partial charge is 0.390 e. The number of halogens is 2. The van der Waals surface area contributed by atoms with Gasteiger partial charge in [0.15, 0.2) is 0 Å². The number of hydrogen-bond acceptors (Lipinski definition) is 5. The van der Waals surface area contributed by atoms with E-state index < -0.39 is 33.8 Å². The van der Waals surface area contributed by atoms with E-state index >= 15 is 0 Å². The molecule has 0 aliphatic heterocycles. The molecule has 0 spiro atoms. The molecule has 7 nitrogen and oxygen atoms in total. The minimum Gasteiger partial charge on any atom is -0.390 e. The zero-order valence-corrected chi connectivity index (χ0v) is 21.6. The van der Waals surface area contributed by atoms with Gasteiger partial charge >= 0.3 is 0 Å². The van der Waals surface area contributed by atoms with Crippen LogP contribution in [0.1, 0.15) is 44.4 Å². The smallest absolute Gasteiger partial charge is 0.229 e. The summed E-state index contributed by atoms with van der Waals surface area (Å²) in [5, 5.41) is 16.4. The molecule has 0 fully saturated rings. The summed E-state index contributed by atoms with van der Waals surface area (Å²) in [5.74, 6) is -1.87. The first-order valence-electron chi connectivity index (χ1n) is 11.3. The average molecular weight is 512 g/mol. The quantitative estimate of drug-likeness (QED) is 0.371. The number of hydrogen-bond donors (Lipinski definition) is 4. The van der Waals surface area contributed by atoms with Crippen LogP contribution in [-0.2, 0) is 34.2 Å². The van der Waals surface area contributed by atoms with Crippen molar-refractivity contribution in [2.24, 2.45) is 5.41 Å². The van der Waals surface area contributed by atoms with Gasteiger partial charge in [0.2, 0.25) is 15.9 Å². The fraction of sp³-hybridized carbons (Fsp3) is 0.480. The molecule has 0 heterocycles. The SMILES string of the molecule is CC(=O)NC(Cc1cc(F)cc(F)c1)C(O)CNCc1cc(CC(C)(C)C)ccc1NS(C)(=O)=O. The highest BCUT2D eigenvalue weighted by Gasteiger charge is 2.22. The van der Waals surface area contributed by atoms with Crippen LogP contribution in [0.5, 0.6) is 0 Å². The fourth-order valence-corrected chi connectivity index (χ4v) is 4.44. The molecule has 2 aromatic rings. The number of benzene rings is 2. The van der Waals surface area contributed by atoms with Crippen molar-refractivity contribution in [2.75, 3.05) is 17.5 Å². The van der Waals surface area contributed by atoms with E-state index in [1.54, 1.807) is 6.07 Å². The van der Waals surface area contributed by atoms with Crippen LogP contribution in [0, 0.1) is 17.0 Å². The first-order chi connectivity index (χ1) is 16.1. The summed E-state index contributed by atoms with van der Waals surface area (Å²) < 4.78 is 53.3. The molecule has 0 saturated heterocycles. The molecule has 2 aromatic carbocycles. The minimum absolute atomic E-state index is 0.0268. The van der Waals surface area contributed by atoms with Crippen LogP contribution in [0.3, 0.4) is 0 Å². The number of nitrogens with one attached hydrogen (secondary N) is 3. The van der Waals surface area contributed by atoms with E-state index in [2.05, 4.69) is 36.1 Å². The molecule has 4 N–H and O–H groups in total. The van der Waals surface area contributed by atoms with Gasteiger partial charge in [-0.05, 0) is 53.1 Å². The van der Waals surface area contributed by atoms with Crippen LogP contribution >= 0.6 is 0 Å². The minimum atomic E-state index is -3.49. The zero-order valence-electron chi connectivity index (χ0n) is 20.8. The van der Waals surface area contributed by atoms with Crippen molar-refractivity contribution in [3.63, 3.8) is 0 Å². The predicted molar refractivity (Wildman–Crippen MR) is 133 cm³/mol. The van der Waals surface area contributed by atoms with Crippen LogP contribution in [-0.4, -0.2) is 44.4 Å². The zero-order chi connectivity index (χ0) is 26.4. The van der Waals surface area contributed by atoms with Crippen molar-refractivity contribution in [1.82, 2.24) is 10.6 Å². The van der Waals surface area contributed by atoms with Gasteiger partial charge in [0.25, 0.3) is 0 Å². The number of rotatable bonds is 11. The Morgan fingerprint density at radius 2 is 1.69 bits per heavy atom. The number of sulfonamides is 1. The molecule has 2 rings (SSSR count). The Morgan fingerprint density at radius 3 is 2.23 bits per heavy atom. The number of anilines is 1. The molecular weight excluding hydrogens is 476 g/mol. The van der Waals surface area contributed by atoms with Gasteiger partial charge in [-0.15, -0.1) is 0 Å². The Kier molecular flexibility index (Phi) is 9.76. The summed E-state index contributed by atoms with van der Waals surface area (Å²) >= 11 is 0. The van der Waals surface area contributed by atoms with E-state index in [-0.39, 0.29) is 30.8 Å². The van der Waals surface area contributed by atoms with E-state index in [9.17, 15) is 27.1 Å². The third-order valence-electron chi connectivity index (χ3n) is 5.10. The maximum absolute atomic E-state index is 13.6. The molecule has 0 saturated carbocycles. The molecule has 0 aliphatic rings. The first-order valence-corrected chi connectivity index (χ1v) is 13.2. The van der Waals surface area contributed by atoms with E-state index in [1.807, 2.05) is 12.1 Å². The van der Waals surface area contributed by atoms with Gasteiger partial charge in [-0.2, -0.15) is 0 Å². The van der Waals surface area contributed by atoms with Crippen molar-refractivity contribution in [3.8, 4) is 0 Å². The van der Waals surface area contributed by atoms with Crippen LogP contribution in [0.2, 0.25) is 0 Å². The van der Waals surface area contributed by atoms with Gasteiger partial charge < -0.3 is 15.7 Å². The number of amides is 1. The van der Waals surface area contributed by atoms with Crippen LogP contribution in [0.25, 0.3) is 0 Å². The van der Waals surface area contributed by atoms with Gasteiger partial charge in [0.1, 0.15) is 11.6 Å². The number of carbonyl (C=O) groups is 1. The summed E-state index contributed by atoms with van der Waals surface area (Å²) in [6.07, 6.45) is 0.814. The summed E-state index contributed by atoms with van der Waals surface area (Å²) in [7, 11) is -3.49. The third-order valence-corrected chi connectivity index (χ3v) is 5.69. The summed E-state index contributed by atoms with van der Waals surface area (Å²) in [4.78, 5) is 11.7. The molecule has 0 radical (unpaired) electrons. The summed E-state index contributed by atoms with van der Waals surface area (Å²) in [6.45, 7) is 7.91. The molecule has 0 bridgehead atoms. The molecular formula is C25H35F2N3O4S. The Balaban J connectivity index is 2.15. The fourth-order valence-electron chi connectivity index (χ4n) is 3.84. The van der Waals surface area contributed by atoms with Crippen molar-refractivity contribution >= 4 is 21.6 Å². The molecule has 2 atom stereocenters. The molecule has 0 aliphatic carbocycles. The van der Waals surface area contributed by atoms with Gasteiger partial charge in [0, 0.05) is 26.1 Å². The first kappa shape index (κ1) is 28.7. The molecule has 0 aromatic heterocycles. The van der Waals surface area contributed by atoms with Crippen molar-refractivity contribution < 1.29 is 27.1 Å². The Morgan fingerprint density at radius 1 is 1.06 bits per heavy atom. The van der Waals surface area contributed by atoms with Crippen molar-refractivity contribution in [1.29, 1.82) is 0 Å². The Labute approximate surface area is 206 Å². The lowest BCUT2D eigenvalue weighted by atomic mass is 9.87. The predicted octanol–water partition coefficient (Wildman–Crippen LogP) is 3.12. The molecule has 1 amide bonds. The summed E-state index contributed by atoms with van der Waals surface area (Å²) in [6, 6.07) is 7.78. The maximum atomic E-state index is 13.6. The average Bonchev–Trinajstić information content (AvgIpc) is 2.66. The lowest BCUT2D eigenvalue weighted by Gasteiger charge is -2.25. The lowest BCUT2D eigenvalue weighted by Crippen LogP contribution is -2.48. The normalized spacial score (nSPS) is 13.8. The highest BCUT2D eigenvalue weighted by atomic mass is 32.2. The third kappa shape index (κ3) is 10.7.